The SMILES string of the molecule is CC(C)(C)c1cc2c3c(c1)N(c1ccccc1-c1ccccc1)c1cc(-n4c5ccccc5c5ccccc54)c(-c4ccccc4)cc1B3c1cc(-c3ccccc3)c(-n3c4ccccc4c4ccccc43)cc1O2. The van der Waals surface area contributed by atoms with Gasteiger partial charge in [-0.15, -0.1) is 0 Å². The Morgan fingerprint density at radius 3 is 1.27 bits per heavy atom. The zero-order chi connectivity index (χ0) is 49.9. The summed E-state index contributed by atoms with van der Waals surface area (Å²) in [5, 5.41) is 4.90. The molecule has 354 valence electrons. The van der Waals surface area contributed by atoms with Crippen molar-refractivity contribution in [2.45, 2.75) is 26.2 Å². The largest absolute Gasteiger partial charge is 0.458 e. The van der Waals surface area contributed by atoms with E-state index in [4.69, 9.17) is 4.74 Å². The van der Waals surface area contributed by atoms with Crippen molar-refractivity contribution in [2.24, 2.45) is 0 Å². The second-order valence-corrected chi connectivity index (χ2v) is 21.2. The second-order valence-electron chi connectivity index (χ2n) is 21.2. The van der Waals surface area contributed by atoms with Gasteiger partial charge in [-0.3, -0.25) is 0 Å². The maximum Gasteiger partial charge on any atom is 0.256 e. The van der Waals surface area contributed by atoms with Gasteiger partial charge in [0.25, 0.3) is 6.71 Å². The molecule has 2 aliphatic rings. The maximum absolute atomic E-state index is 7.58. The van der Waals surface area contributed by atoms with E-state index in [1.54, 1.807) is 0 Å². The standard InChI is InChI=1S/C70H50BN3O/c1-70(2,3)48-39-66-69-68(40-48)75-67-44-64(73-61-37-21-16-32-52(61)53-33-17-22-38-62(53)73)55(47-27-11-6-12-28-47)42-57(67)71(69)56-41-54(46-25-9-5-10-26-46)63(72-59-35-19-14-30-50(59)51-31-15-20-36-60(51)72)43-65(56)74(66)58-34-18-13-29-49(58)45-23-7-4-8-24-45/h4-44H,1-3H3. The van der Waals surface area contributed by atoms with E-state index in [1.807, 2.05) is 0 Å². The number of nitrogens with zero attached hydrogens (tertiary/aromatic N) is 3. The summed E-state index contributed by atoms with van der Waals surface area (Å²) in [7, 11) is 0. The lowest BCUT2D eigenvalue weighted by Crippen LogP contribution is -2.59. The Hall–Kier alpha value is -9.32. The Bertz CT molecular complexity index is 4330. The molecule has 15 rings (SSSR count). The molecule has 0 bridgehead atoms. The Balaban J connectivity index is 1.10. The number of hydrogen-bond donors (Lipinski definition) is 0. The van der Waals surface area contributed by atoms with Crippen LogP contribution in [0.5, 0.6) is 11.5 Å². The summed E-state index contributed by atoms with van der Waals surface area (Å²) in [5.41, 5.74) is 21.6. The molecule has 0 radical (unpaired) electrons. The van der Waals surface area contributed by atoms with E-state index < -0.39 is 0 Å². The van der Waals surface area contributed by atoms with Gasteiger partial charge in [0.2, 0.25) is 0 Å². The Morgan fingerprint density at radius 2 is 0.760 bits per heavy atom. The third kappa shape index (κ3) is 6.64. The van der Waals surface area contributed by atoms with Gasteiger partial charge in [0.15, 0.2) is 0 Å². The molecule has 0 saturated carbocycles. The highest BCUT2D eigenvalue weighted by molar-refractivity contribution is 6.99. The molecule has 2 aromatic heterocycles. The van der Waals surface area contributed by atoms with Crippen LogP contribution >= 0.6 is 0 Å². The average Bonchev–Trinajstić information content (AvgIpc) is 4.01. The van der Waals surface area contributed by atoms with Crippen molar-refractivity contribution in [3.8, 4) is 56.3 Å². The van der Waals surface area contributed by atoms with E-state index in [9.17, 15) is 0 Å². The van der Waals surface area contributed by atoms with E-state index in [2.05, 4.69) is 284 Å². The Kier molecular flexibility index (Phi) is 9.58. The van der Waals surface area contributed by atoms with Crippen molar-refractivity contribution in [1.29, 1.82) is 0 Å². The predicted molar refractivity (Wildman–Crippen MR) is 316 cm³/mol. The van der Waals surface area contributed by atoms with Crippen molar-refractivity contribution >= 4 is 83.8 Å². The molecule has 0 fully saturated rings. The number of fused-ring (bicyclic) bond motifs is 10. The van der Waals surface area contributed by atoms with E-state index in [0.717, 1.165) is 95.3 Å². The number of rotatable bonds is 6. The zero-order valence-corrected chi connectivity index (χ0v) is 42.0. The van der Waals surface area contributed by atoms with Crippen LogP contribution in [0.2, 0.25) is 0 Å². The monoisotopic (exact) mass is 959 g/mol. The third-order valence-electron chi connectivity index (χ3n) is 15.9. The van der Waals surface area contributed by atoms with E-state index in [-0.39, 0.29) is 12.1 Å². The number of aromatic nitrogens is 2. The summed E-state index contributed by atoms with van der Waals surface area (Å²) in [6, 6.07) is 91.6. The van der Waals surface area contributed by atoms with Crippen molar-refractivity contribution in [3.05, 3.63) is 254 Å². The smallest absolute Gasteiger partial charge is 0.256 e. The number of hydrogen-bond acceptors (Lipinski definition) is 2. The topological polar surface area (TPSA) is 22.3 Å². The normalized spacial score (nSPS) is 12.8. The van der Waals surface area contributed by atoms with Gasteiger partial charge in [0.05, 0.1) is 39.1 Å². The first kappa shape index (κ1) is 43.3. The highest BCUT2D eigenvalue weighted by Gasteiger charge is 2.44. The van der Waals surface area contributed by atoms with Crippen LogP contribution in [0.25, 0.3) is 88.4 Å². The van der Waals surface area contributed by atoms with Crippen LogP contribution in [-0.2, 0) is 5.41 Å². The third-order valence-corrected chi connectivity index (χ3v) is 15.9. The fourth-order valence-corrected chi connectivity index (χ4v) is 12.5. The summed E-state index contributed by atoms with van der Waals surface area (Å²) in [6.07, 6.45) is 0. The molecule has 2 aliphatic heterocycles. The Labute approximate surface area is 437 Å². The van der Waals surface area contributed by atoms with Crippen molar-refractivity contribution in [1.82, 2.24) is 9.13 Å². The molecule has 0 saturated heterocycles. The first-order valence-electron chi connectivity index (χ1n) is 26.1. The average molecular weight is 960 g/mol. The lowest BCUT2D eigenvalue weighted by Gasteiger charge is -2.42. The van der Waals surface area contributed by atoms with Gasteiger partial charge >= 0.3 is 0 Å². The molecular formula is C70H50BN3O. The lowest BCUT2D eigenvalue weighted by molar-refractivity contribution is 0.483. The van der Waals surface area contributed by atoms with E-state index >= 15 is 0 Å². The second kappa shape index (κ2) is 16.6. The van der Waals surface area contributed by atoms with Gasteiger partial charge in [-0.2, -0.15) is 0 Å². The highest BCUT2D eigenvalue weighted by atomic mass is 16.5. The molecule has 11 aromatic carbocycles. The van der Waals surface area contributed by atoms with Crippen LogP contribution in [0.4, 0.5) is 17.1 Å². The fourth-order valence-electron chi connectivity index (χ4n) is 12.5. The van der Waals surface area contributed by atoms with Crippen LogP contribution in [0, 0.1) is 0 Å². The number of anilines is 3. The van der Waals surface area contributed by atoms with Gasteiger partial charge in [-0.05, 0) is 92.6 Å². The van der Waals surface area contributed by atoms with Crippen molar-refractivity contribution in [2.75, 3.05) is 4.90 Å². The molecule has 0 spiro atoms. The molecule has 75 heavy (non-hydrogen) atoms. The van der Waals surface area contributed by atoms with E-state index in [1.165, 1.54) is 43.6 Å². The van der Waals surface area contributed by atoms with Gasteiger partial charge < -0.3 is 18.8 Å². The molecule has 0 unspecified atom stereocenters. The van der Waals surface area contributed by atoms with Gasteiger partial charge in [0, 0.05) is 55.7 Å². The molecule has 0 amide bonds. The minimum atomic E-state index is -0.202. The van der Waals surface area contributed by atoms with Crippen molar-refractivity contribution in [3.63, 3.8) is 0 Å². The molecule has 0 N–H and O–H groups in total. The molecule has 13 aromatic rings. The van der Waals surface area contributed by atoms with Crippen LogP contribution in [-0.4, -0.2) is 15.8 Å². The first-order valence-corrected chi connectivity index (χ1v) is 26.1. The molecule has 5 heteroatoms. The zero-order valence-electron chi connectivity index (χ0n) is 42.0. The van der Waals surface area contributed by atoms with Gasteiger partial charge in [-0.25, -0.2) is 0 Å². The number of benzene rings is 11. The summed E-state index contributed by atoms with van der Waals surface area (Å²) < 4.78 is 12.5. The summed E-state index contributed by atoms with van der Waals surface area (Å²) in [5.74, 6) is 1.74. The first-order chi connectivity index (χ1) is 36.9. The van der Waals surface area contributed by atoms with Crippen LogP contribution in [0.3, 0.4) is 0 Å². The van der Waals surface area contributed by atoms with Gasteiger partial charge in [-0.1, -0.05) is 215 Å². The molecular weight excluding hydrogens is 910 g/mol. The molecule has 0 aliphatic carbocycles. The maximum atomic E-state index is 7.58. The predicted octanol–water partition coefficient (Wildman–Crippen LogP) is 16.6. The summed E-state index contributed by atoms with van der Waals surface area (Å²) in [6.45, 7) is 6.74. The number of ether oxygens (including phenoxy) is 1. The van der Waals surface area contributed by atoms with E-state index in [0.29, 0.717) is 0 Å². The minimum absolute atomic E-state index is 0.202. The molecule has 4 nitrogen and oxygen atoms in total. The van der Waals surface area contributed by atoms with Crippen LogP contribution in [0.1, 0.15) is 26.3 Å². The highest BCUT2D eigenvalue weighted by Crippen LogP contribution is 2.49. The Morgan fingerprint density at radius 1 is 0.333 bits per heavy atom. The quantitative estimate of drug-likeness (QED) is 0.155. The molecule has 4 heterocycles. The fraction of sp³-hybridized carbons (Fsp3) is 0.0571. The van der Waals surface area contributed by atoms with Crippen LogP contribution < -0.4 is 26.0 Å². The summed E-state index contributed by atoms with van der Waals surface area (Å²) in [4.78, 5) is 2.56. The minimum Gasteiger partial charge on any atom is -0.458 e. The van der Waals surface area contributed by atoms with Crippen LogP contribution in [0.15, 0.2) is 249 Å². The molecule has 0 atom stereocenters. The lowest BCUT2D eigenvalue weighted by atomic mass is 9.33. The summed E-state index contributed by atoms with van der Waals surface area (Å²) >= 11 is 0. The van der Waals surface area contributed by atoms with Gasteiger partial charge in [0.1, 0.15) is 11.5 Å². The van der Waals surface area contributed by atoms with Crippen molar-refractivity contribution < 1.29 is 4.74 Å². The number of para-hydroxylation sites is 5.